The summed E-state index contributed by atoms with van der Waals surface area (Å²) < 4.78 is 0. The van der Waals surface area contributed by atoms with Crippen molar-refractivity contribution in [1.29, 1.82) is 0 Å². The van der Waals surface area contributed by atoms with Crippen molar-refractivity contribution in [1.82, 2.24) is 58.1 Å². The van der Waals surface area contributed by atoms with E-state index in [1.807, 2.05) is 0 Å². The lowest BCUT2D eigenvalue weighted by molar-refractivity contribution is -0.145. The largest absolute Gasteiger partial charge is 0.508 e. The number of carboxylic acid groups (broad SMARTS) is 2. The van der Waals surface area contributed by atoms with Crippen LogP contribution in [0.15, 0.2) is 24.3 Å². The number of carboxylic acids is 2. The molecule has 1 heterocycles. The summed E-state index contributed by atoms with van der Waals surface area (Å²) in [5, 5.41) is 92.6. The van der Waals surface area contributed by atoms with E-state index in [0.29, 0.717) is 12.0 Å². The molecule has 0 spiro atoms. The van der Waals surface area contributed by atoms with E-state index < -0.39 is 193 Å². The molecule has 14 atom stereocenters. The second-order valence-corrected chi connectivity index (χ2v) is 22.8. The van der Waals surface area contributed by atoms with Crippen LogP contribution in [0.2, 0.25) is 0 Å². The van der Waals surface area contributed by atoms with E-state index >= 15 is 0 Å². The van der Waals surface area contributed by atoms with Crippen LogP contribution in [-0.4, -0.2) is 234 Å². The third-order valence-corrected chi connectivity index (χ3v) is 14.4. The molecule has 1 aromatic rings. The summed E-state index contributed by atoms with van der Waals surface area (Å²) in [5.74, 6) is -15.2. The van der Waals surface area contributed by atoms with Crippen LogP contribution in [0.25, 0.3) is 0 Å². The number of nitrogens with two attached hydrogens (primary N) is 1. The quantitative estimate of drug-likeness (QED) is 0.0276. The van der Waals surface area contributed by atoms with Gasteiger partial charge in [-0.05, 0) is 82.4 Å². The molecule has 0 unspecified atom stereocenters. The number of thiol groups is 2. The number of phenols is 1. The summed E-state index contributed by atoms with van der Waals surface area (Å²) in [6.07, 6.45) is -4.08. The number of nitrogens with zero attached hydrogens (tertiary/aromatic N) is 1. The van der Waals surface area contributed by atoms with Gasteiger partial charge in [0.2, 0.25) is 65.0 Å². The fourth-order valence-electron chi connectivity index (χ4n) is 8.80. The van der Waals surface area contributed by atoms with Gasteiger partial charge in [-0.1, -0.05) is 39.8 Å². The topological polar surface area (TPSA) is 513 Å². The molecule has 0 radical (unpaired) electrons. The van der Waals surface area contributed by atoms with Gasteiger partial charge in [0.25, 0.3) is 0 Å². The summed E-state index contributed by atoms with van der Waals surface area (Å²) in [4.78, 5) is 173. The zero-order chi connectivity index (χ0) is 66.9. The van der Waals surface area contributed by atoms with Crippen LogP contribution in [0.3, 0.4) is 0 Å². The number of rotatable bonds is 37. The lowest BCUT2D eigenvalue weighted by Gasteiger charge is -2.30. The predicted octanol–water partition coefficient (Wildman–Crippen LogP) is -6.23. The van der Waals surface area contributed by atoms with Crippen LogP contribution in [0.1, 0.15) is 92.6 Å². The van der Waals surface area contributed by atoms with Crippen LogP contribution < -0.4 is 58.9 Å². The second kappa shape index (κ2) is 37.5. The number of aliphatic hydroxyl groups is 4. The van der Waals surface area contributed by atoms with Gasteiger partial charge in [-0.3, -0.25) is 57.5 Å². The van der Waals surface area contributed by atoms with Crippen molar-refractivity contribution < 1.29 is 98.1 Å². The number of benzene rings is 1. The highest BCUT2D eigenvalue weighted by Gasteiger charge is 2.41. The molecule has 0 saturated carbocycles. The highest BCUT2D eigenvalue weighted by Crippen LogP contribution is 2.21. The molecule has 1 fully saturated rings. The zero-order valence-electron chi connectivity index (χ0n) is 49.9. The van der Waals surface area contributed by atoms with Crippen LogP contribution in [0.5, 0.6) is 5.75 Å². The summed E-state index contributed by atoms with van der Waals surface area (Å²) >= 11 is 8.35. The second-order valence-electron chi connectivity index (χ2n) is 22.0. The first-order valence-electron chi connectivity index (χ1n) is 28.3. The fraction of sp³-hybridized carbons (Fsp3) is 0.648. The average Bonchev–Trinajstić information content (AvgIpc) is 4.16. The van der Waals surface area contributed by atoms with Crippen LogP contribution in [0.4, 0.5) is 0 Å². The molecule has 19 N–H and O–H groups in total. The van der Waals surface area contributed by atoms with Gasteiger partial charge in [0.1, 0.15) is 72.2 Å². The highest BCUT2D eigenvalue weighted by atomic mass is 32.1. The number of hydrogen-bond acceptors (Lipinski definition) is 21. The Morgan fingerprint density at radius 3 is 1.49 bits per heavy atom. The molecule has 11 amide bonds. The van der Waals surface area contributed by atoms with Crippen LogP contribution in [0, 0.1) is 11.8 Å². The molecule has 2 rings (SSSR count). The monoisotopic (exact) mass is 1290 g/mol. The van der Waals surface area contributed by atoms with E-state index in [1.54, 1.807) is 27.7 Å². The fourth-order valence-corrected chi connectivity index (χ4v) is 9.32. The SMILES string of the molecule is CC(C)C[C@H](NC(=O)[C@H](CO)NC(=O)[C@H](C)NC(=O)[C@H](CS)NC(=O)[C@@H](NC(=O)[C@@H](NC(=O)[C@H](CCC(=O)O)NC(=O)[C@@H](N)CC(C)C)[C@@H](C)O)[C@@H](C)O)C(=O)N[C@@H](CS)C(=O)N[C@@H](Cc1ccc(O)cc1)C(=O)N1CCC[C@H]1C(=O)N[C@@H](CO)C(=O)O. The van der Waals surface area contributed by atoms with Gasteiger partial charge in [0, 0.05) is 30.9 Å². The molecule has 1 aliphatic rings. The van der Waals surface area contributed by atoms with Crippen LogP contribution in [-0.2, 0) is 68.7 Å². The first kappa shape index (κ1) is 76.7. The molecule has 1 aliphatic heterocycles. The minimum absolute atomic E-state index is 0.0263. The Morgan fingerprint density at radius 1 is 0.545 bits per heavy atom. The van der Waals surface area contributed by atoms with Gasteiger partial charge < -0.3 is 99.5 Å². The highest BCUT2D eigenvalue weighted by molar-refractivity contribution is 7.80. The van der Waals surface area contributed by atoms with E-state index in [4.69, 9.17) is 5.73 Å². The maximum Gasteiger partial charge on any atom is 0.328 e. The lowest BCUT2D eigenvalue weighted by atomic mass is 10.0. The molecular weight excluding hydrogens is 1200 g/mol. The van der Waals surface area contributed by atoms with Gasteiger partial charge in [-0.2, -0.15) is 25.3 Å². The van der Waals surface area contributed by atoms with E-state index in [1.165, 1.54) is 24.3 Å². The van der Waals surface area contributed by atoms with Gasteiger partial charge in [0.05, 0.1) is 31.5 Å². The molecule has 34 heteroatoms. The number of nitrogens with one attached hydrogen (secondary N) is 10. The van der Waals surface area contributed by atoms with Gasteiger partial charge in [-0.15, -0.1) is 0 Å². The number of carbonyl (C=O) groups excluding carboxylic acids is 11. The van der Waals surface area contributed by atoms with Crippen molar-refractivity contribution in [2.75, 3.05) is 31.3 Å². The maximum atomic E-state index is 14.2. The van der Waals surface area contributed by atoms with Gasteiger partial charge in [-0.25, -0.2) is 4.79 Å². The number of carbonyl (C=O) groups is 13. The number of hydrogen-bond donors (Lipinski definition) is 20. The van der Waals surface area contributed by atoms with Crippen molar-refractivity contribution in [2.45, 2.75) is 178 Å². The summed E-state index contributed by atoms with van der Waals surface area (Å²) in [7, 11) is 0. The zero-order valence-corrected chi connectivity index (χ0v) is 51.7. The molecule has 1 saturated heterocycles. The van der Waals surface area contributed by atoms with E-state index in [9.17, 15) is 98.1 Å². The summed E-state index contributed by atoms with van der Waals surface area (Å²) in [6, 6.07) is -12.8. The smallest absolute Gasteiger partial charge is 0.328 e. The molecule has 1 aromatic carbocycles. The minimum atomic E-state index is -1.89. The Hall–Kier alpha value is -7.37. The van der Waals surface area contributed by atoms with E-state index in [-0.39, 0.29) is 55.6 Å². The van der Waals surface area contributed by atoms with Crippen molar-refractivity contribution in [3.63, 3.8) is 0 Å². The van der Waals surface area contributed by atoms with Crippen molar-refractivity contribution in [3.05, 3.63) is 29.8 Å². The molecule has 0 aromatic heterocycles. The first-order chi connectivity index (χ1) is 41.2. The Morgan fingerprint density at radius 2 is 0.989 bits per heavy atom. The molecule has 0 aliphatic carbocycles. The van der Waals surface area contributed by atoms with Crippen molar-refractivity contribution in [3.8, 4) is 5.75 Å². The van der Waals surface area contributed by atoms with Crippen LogP contribution >= 0.6 is 25.3 Å². The molecular formula is C54H86N12O20S2. The summed E-state index contributed by atoms with van der Waals surface area (Å²) in [5.41, 5.74) is 6.38. The molecule has 88 heavy (non-hydrogen) atoms. The average molecular weight is 1290 g/mol. The predicted molar refractivity (Wildman–Crippen MR) is 318 cm³/mol. The van der Waals surface area contributed by atoms with E-state index in [0.717, 1.165) is 25.7 Å². The van der Waals surface area contributed by atoms with Gasteiger partial charge in [0.15, 0.2) is 0 Å². The Kier molecular flexibility index (Phi) is 32.7. The number of aliphatic hydroxyl groups excluding tert-OH is 4. The number of likely N-dealkylation sites (tertiary alicyclic amines) is 1. The Labute approximate surface area is 519 Å². The third kappa shape index (κ3) is 25.0. The number of amides is 11. The molecule has 494 valence electrons. The number of aliphatic carboxylic acids is 2. The van der Waals surface area contributed by atoms with Gasteiger partial charge >= 0.3 is 11.9 Å². The molecule has 0 bridgehead atoms. The number of phenolic OH excluding ortho intramolecular Hbond substituents is 1. The summed E-state index contributed by atoms with van der Waals surface area (Å²) in [6.45, 7) is 8.34. The first-order valence-corrected chi connectivity index (χ1v) is 29.6. The maximum absolute atomic E-state index is 14.2. The standard InChI is InChI=1S/C54H86N12O20S2/c1-24(2)17-31(55)44(75)57-32(14-15-40(72)73)45(76)64-42(28(7)70)52(83)65-41(27(6)69)51(82)63-37(22-87)48(79)56-26(5)43(74)60-35(20-67)47(78)58-33(18-25(3)4)46(77)62-38(23-88)49(80)59-34(19-29-10-12-30(71)13-11-29)53(84)66-16-8-9-39(66)50(81)61-36(21-68)54(85)86/h10-13,24-28,31-39,41-42,67-71,87-88H,8-9,14-23,55H2,1-7H3,(H,56,79)(H,57,75)(H,58,78)(H,59,80)(H,60,74)(H,61,81)(H,62,77)(H,63,82)(H,64,76)(H,65,83)(H,72,73)(H,85,86)/t26-,27+,28+,31-,32-,33-,34-,35-,36-,37-,38-,39-,41-,42-/m0/s1. The molecule has 32 nitrogen and oxygen atoms in total. The van der Waals surface area contributed by atoms with Crippen molar-refractivity contribution in [2.24, 2.45) is 17.6 Å². The van der Waals surface area contributed by atoms with Crippen molar-refractivity contribution >= 4 is 102 Å². The number of aromatic hydroxyl groups is 1. The van der Waals surface area contributed by atoms with E-state index in [2.05, 4.69) is 78.4 Å². The minimum Gasteiger partial charge on any atom is -0.508 e. The Bertz CT molecular complexity index is 2600. The Balaban J connectivity index is 2.21. The lowest BCUT2D eigenvalue weighted by Crippen LogP contribution is -2.63. The third-order valence-electron chi connectivity index (χ3n) is 13.6. The normalized spacial score (nSPS) is 17.5.